The van der Waals surface area contributed by atoms with Gasteiger partial charge in [0.15, 0.2) is 17.5 Å². The molecule has 3 aromatic rings. The molecule has 2 aromatic heterocycles. The number of aliphatic hydroxyl groups is 2. The smallest absolute Gasteiger partial charge is 0.407 e. The lowest BCUT2D eigenvalue weighted by atomic mass is 10.1. The van der Waals surface area contributed by atoms with Gasteiger partial charge in [-0.2, -0.15) is 0 Å². The van der Waals surface area contributed by atoms with E-state index in [4.69, 9.17) is 14.6 Å². The highest BCUT2D eigenvalue weighted by Crippen LogP contribution is 2.38. The third kappa shape index (κ3) is 3.64. The molecule has 4 rings (SSSR count). The predicted octanol–water partition coefficient (Wildman–Crippen LogP) is 1.90. The Bertz CT molecular complexity index is 1030. The Labute approximate surface area is 167 Å². The van der Waals surface area contributed by atoms with Crippen LogP contribution in [0.5, 0.6) is 5.75 Å². The molecule has 0 spiro atoms. The molecule has 2 heterocycles. The van der Waals surface area contributed by atoms with Crippen molar-refractivity contribution >= 4 is 11.7 Å². The van der Waals surface area contributed by atoms with Gasteiger partial charge in [-0.3, -0.25) is 4.40 Å². The number of hydrogen-bond donors (Lipinski definition) is 3. The number of rotatable bonds is 6. The minimum absolute atomic E-state index is 0.126. The zero-order valence-electron chi connectivity index (χ0n) is 16.0. The van der Waals surface area contributed by atoms with E-state index in [9.17, 15) is 9.90 Å². The summed E-state index contributed by atoms with van der Waals surface area (Å²) in [6.45, 7) is 1.68. The Kier molecular flexibility index (Phi) is 5.37. The first-order chi connectivity index (χ1) is 14.1. The summed E-state index contributed by atoms with van der Waals surface area (Å²) < 4.78 is 13.7. The number of carbonyl (C=O) groups excluding carboxylic acids is 1. The highest BCUT2D eigenvalue weighted by Gasteiger charge is 2.37. The van der Waals surface area contributed by atoms with Gasteiger partial charge >= 0.3 is 6.09 Å². The van der Waals surface area contributed by atoms with Gasteiger partial charge in [-0.25, -0.2) is 9.78 Å². The molecule has 0 bridgehead atoms. The van der Waals surface area contributed by atoms with Crippen molar-refractivity contribution in [2.75, 3.05) is 13.2 Å². The van der Waals surface area contributed by atoms with Crippen molar-refractivity contribution in [3.05, 3.63) is 65.1 Å². The van der Waals surface area contributed by atoms with Crippen LogP contribution in [0.25, 0.3) is 5.65 Å². The Morgan fingerprint density at radius 1 is 1.28 bits per heavy atom. The van der Waals surface area contributed by atoms with Crippen LogP contribution in [-0.4, -0.2) is 44.9 Å². The quantitative estimate of drug-likeness (QED) is 0.587. The van der Waals surface area contributed by atoms with Crippen molar-refractivity contribution in [2.24, 2.45) is 0 Å². The van der Waals surface area contributed by atoms with Gasteiger partial charge in [0.2, 0.25) is 0 Å². The molecule has 8 nitrogen and oxygen atoms in total. The topological polar surface area (TPSA) is 105 Å². The van der Waals surface area contributed by atoms with Crippen LogP contribution < -0.4 is 10.1 Å². The van der Waals surface area contributed by atoms with E-state index in [1.165, 1.54) is 0 Å². The summed E-state index contributed by atoms with van der Waals surface area (Å²) in [4.78, 5) is 16.6. The zero-order valence-corrected chi connectivity index (χ0v) is 16.0. The summed E-state index contributed by atoms with van der Waals surface area (Å²) in [7, 11) is 0. The zero-order chi connectivity index (χ0) is 20.4. The average molecular weight is 397 g/mol. The second-order valence-corrected chi connectivity index (χ2v) is 6.90. The van der Waals surface area contributed by atoms with E-state index in [-0.39, 0.29) is 19.8 Å². The van der Waals surface area contributed by atoms with Crippen LogP contribution in [0.3, 0.4) is 0 Å². The Balaban J connectivity index is 1.66. The molecule has 0 saturated carbocycles. The number of aryl methyl sites for hydroxylation is 1. The molecular formula is C21H23N3O5. The van der Waals surface area contributed by atoms with Crippen molar-refractivity contribution in [1.29, 1.82) is 0 Å². The lowest BCUT2D eigenvalue weighted by molar-refractivity contribution is 0.0260. The van der Waals surface area contributed by atoms with Gasteiger partial charge in [0, 0.05) is 19.2 Å². The molecule has 8 heteroatoms. The number of pyridine rings is 1. The maximum absolute atomic E-state index is 12.1. The Morgan fingerprint density at radius 2 is 2.10 bits per heavy atom. The largest absolute Gasteiger partial charge is 0.478 e. The molecule has 3 N–H and O–H groups in total. The van der Waals surface area contributed by atoms with E-state index in [2.05, 4.69) is 10.3 Å². The third-order valence-electron chi connectivity index (χ3n) is 5.08. The number of nitrogens with zero attached hydrogens (tertiary/aromatic N) is 2. The molecule has 152 valence electrons. The van der Waals surface area contributed by atoms with E-state index in [0.29, 0.717) is 23.5 Å². The van der Waals surface area contributed by atoms with Crippen LogP contribution in [0.15, 0.2) is 42.6 Å². The van der Waals surface area contributed by atoms with Crippen LogP contribution in [0.1, 0.15) is 28.6 Å². The first-order valence-electron chi connectivity index (χ1n) is 9.49. The fourth-order valence-corrected chi connectivity index (χ4v) is 3.73. The SMILES string of the molecule is Cc1nc2c(O[C@@H]3c4ccccc4C[C@H]3OC(=O)NCCO)cccn2c1CO. The average Bonchev–Trinajstić information content (AvgIpc) is 3.23. The number of benzene rings is 1. The number of alkyl carbamates (subject to hydrolysis) is 1. The number of hydrogen-bond acceptors (Lipinski definition) is 6. The predicted molar refractivity (Wildman–Crippen MR) is 105 cm³/mol. The monoisotopic (exact) mass is 397 g/mol. The van der Waals surface area contributed by atoms with Gasteiger partial charge in [0.1, 0.15) is 6.10 Å². The molecule has 1 amide bonds. The minimum Gasteiger partial charge on any atom is -0.478 e. The van der Waals surface area contributed by atoms with Gasteiger partial charge < -0.3 is 25.0 Å². The number of fused-ring (bicyclic) bond motifs is 2. The highest BCUT2D eigenvalue weighted by atomic mass is 16.6. The summed E-state index contributed by atoms with van der Waals surface area (Å²) in [5.41, 5.74) is 4.04. The molecule has 1 aliphatic rings. The molecule has 1 aromatic carbocycles. The second kappa shape index (κ2) is 8.10. The van der Waals surface area contributed by atoms with Crippen molar-refractivity contribution < 1.29 is 24.5 Å². The lowest BCUT2D eigenvalue weighted by Crippen LogP contribution is -2.34. The van der Waals surface area contributed by atoms with Gasteiger partial charge in [-0.1, -0.05) is 24.3 Å². The van der Waals surface area contributed by atoms with E-state index in [1.807, 2.05) is 49.5 Å². The molecule has 29 heavy (non-hydrogen) atoms. The van der Waals surface area contributed by atoms with Crippen molar-refractivity contribution in [3.63, 3.8) is 0 Å². The number of imidazole rings is 1. The molecule has 1 aliphatic carbocycles. The fourth-order valence-electron chi connectivity index (χ4n) is 3.73. The molecular weight excluding hydrogens is 374 g/mol. The van der Waals surface area contributed by atoms with Crippen LogP contribution >= 0.6 is 0 Å². The van der Waals surface area contributed by atoms with Crippen LogP contribution in [0.4, 0.5) is 4.79 Å². The van der Waals surface area contributed by atoms with Gasteiger partial charge in [0.25, 0.3) is 0 Å². The first kappa shape index (κ1) is 19.2. The molecule has 0 unspecified atom stereocenters. The summed E-state index contributed by atoms with van der Waals surface area (Å²) in [5.74, 6) is 0.543. The second-order valence-electron chi connectivity index (χ2n) is 6.90. The molecule has 2 atom stereocenters. The van der Waals surface area contributed by atoms with E-state index in [1.54, 1.807) is 4.40 Å². The molecule has 0 aliphatic heterocycles. The molecule has 0 fully saturated rings. The van der Waals surface area contributed by atoms with Crippen LogP contribution in [-0.2, 0) is 17.8 Å². The molecule has 0 radical (unpaired) electrons. The number of aromatic nitrogens is 2. The number of amides is 1. The van der Waals surface area contributed by atoms with Gasteiger partial charge in [-0.05, 0) is 30.2 Å². The number of aliphatic hydroxyl groups excluding tert-OH is 2. The fraction of sp³-hybridized carbons (Fsp3) is 0.333. The van der Waals surface area contributed by atoms with Crippen molar-refractivity contribution in [1.82, 2.24) is 14.7 Å². The third-order valence-corrected chi connectivity index (χ3v) is 5.08. The first-order valence-corrected chi connectivity index (χ1v) is 9.49. The van der Waals surface area contributed by atoms with Gasteiger partial charge in [0.05, 0.1) is 24.6 Å². The van der Waals surface area contributed by atoms with Crippen LogP contribution in [0, 0.1) is 6.92 Å². The normalized spacial score (nSPS) is 17.9. The van der Waals surface area contributed by atoms with Crippen molar-refractivity contribution in [3.8, 4) is 5.75 Å². The maximum Gasteiger partial charge on any atom is 0.407 e. The summed E-state index contributed by atoms with van der Waals surface area (Å²) in [5, 5.41) is 21.0. The summed E-state index contributed by atoms with van der Waals surface area (Å²) in [6.07, 6.45) is 0.757. The number of ether oxygens (including phenoxy) is 2. The van der Waals surface area contributed by atoms with E-state index < -0.39 is 18.3 Å². The molecule has 0 saturated heterocycles. The van der Waals surface area contributed by atoms with E-state index >= 15 is 0 Å². The Hall–Kier alpha value is -3.10. The van der Waals surface area contributed by atoms with E-state index in [0.717, 1.165) is 16.8 Å². The minimum atomic E-state index is -0.595. The summed E-state index contributed by atoms with van der Waals surface area (Å²) in [6, 6.07) is 11.5. The van der Waals surface area contributed by atoms with Crippen LogP contribution in [0.2, 0.25) is 0 Å². The highest BCUT2D eigenvalue weighted by molar-refractivity contribution is 5.67. The standard InChI is InChI=1S/C21H23N3O5/c1-13-16(12-26)24-9-4-7-17(20(24)23-13)28-19-15-6-3-2-5-14(15)11-18(19)29-21(27)22-8-10-25/h2-7,9,18-19,25-26H,8,10-12H2,1H3,(H,22,27)/t18-,19-/m1/s1. The van der Waals surface area contributed by atoms with Crippen molar-refractivity contribution in [2.45, 2.75) is 32.2 Å². The maximum atomic E-state index is 12.1. The number of carbonyl (C=O) groups is 1. The Morgan fingerprint density at radius 3 is 2.90 bits per heavy atom. The van der Waals surface area contributed by atoms with Gasteiger partial charge in [-0.15, -0.1) is 0 Å². The summed E-state index contributed by atoms with van der Waals surface area (Å²) >= 11 is 0. The lowest BCUT2D eigenvalue weighted by Gasteiger charge is -2.22. The number of nitrogens with one attached hydrogen (secondary N) is 1.